The summed E-state index contributed by atoms with van der Waals surface area (Å²) >= 11 is 0. The molecule has 7 heteroatoms. The van der Waals surface area contributed by atoms with Gasteiger partial charge in [-0.3, -0.25) is 9.59 Å². The standard InChI is InChI=1S/C22H28N4O3/c1-15(2)20(25-21(27)17-6-4-5-16(3)13-17)22(28)24-19-8-7-18(14-23-19)26-9-11-29-12-10-26/h4-8,13-15,20H,9-12H2,1-3H3,(H,25,27)(H,23,24,28). The molecule has 154 valence electrons. The highest BCUT2D eigenvalue weighted by Gasteiger charge is 2.25. The summed E-state index contributed by atoms with van der Waals surface area (Å²) in [5.74, 6) is -0.162. The third kappa shape index (κ3) is 5.54. The third-order valence-electron chi connectivity index (χ3n) is 4.89. The number of rotatable bonds is 6. The third-order valence-corrected chi connectivity index (χ3v) is 4.89. The second-order valence-corrected chi connectivity index (χ2v) is 7.55. The van der Waals surface area contributed by atoms with Crippen LogP contribution in [0.4, 0.5) is 11.5 Å². The van der Waals surface area contributed by atoms with Crippen LogP contribution in [0.3, 0.4) is 0 Å². The molecule has 29 heavy (non-hydrogen) atoms. The van der Waals surface area contributed by atoms with Gasteiger partial charge < -0.3 is 20.3 Å². The molecule has 7 nitrogen and oxygen atoms in total. The molecule has 1 aromatic heterocycles. The minimum atomic E-state index is -0.663. The first-order valence-electron chi connectivity index (χ1n) is 9.91. The first-order chi connectivity index (χ1) is 13.9. The molecule has 0 spiro atoms. The number of hydrogen-bond donors (Lipinski definition) is 2. The Kier molecular flexibility index (Phi) is 6.82. The molecule has 1 saturated heterocycles. The van der Waals surface area contributed by atoms with E-state index in [-0.39, 0.29) is 17.7 Å². The van der Waals surface area contributed by atoms with Crippen LogP contribution in [0.15, 0.2) is 42.6 Å². The monoisotopic (exact) mass is 396 g/mol. The lowest BCUT2D eigenvalue weighted by Gasteiger charge is -2.28. The molecular formula is C22H28N4O3. The van der Waals surface area contributed by atoms with Crippen molar-refractivity contribution in [3.63, 3.8) is 0 Å². The summed E-state index contributed by atoms with van der Waals surface area (Å²) < 4.78 is 5.36. The molecule has 1 unspecified atom stereocenters. The van der Waals surface area contributed by atoms with E-state index in [9.17, 15) is 9.59 Å². The topological polar surface area (TPSA) is 83.6 Å². The van der Waals surface area contributed by atoms with Crippen molar-refractivity contribution in [2.45, 2.75) is 26.8 Å². The van der Waals surface area contributed by atoms with E-state index in [4.69, 9.17) is 4.74 Å². The first-order valence-corrected chi connectivity index (χ1v) is 9.91. The number of anilines is 2. The number of carbonyl (C=O) groups excluding carboxylic acids is 2. The molecule has 1 aliphatic heterocycles. The summed E-state index contributed by atoms with van der Waals surface area (Å²) in [6.45, 7) is 8.78. The number of carbonyl (C=O) groups is 2. The van der Waals surface area contributed by atoms with Crippen LogP contribution >= 0.6 is 0 Å². The Morgan fingerprint density at radius 1 is 1.14 bits per heavy atom. The maximum absolute atomic E-state index is 12.8. The van der Waals surface area contributed by atoms with Crippen LogP contribution in [0.2, 0.25) is 0 Å². The smallest absolute Gasteiger partial charge is 0.251 e. The predicted octanol–water partition coefficient (Wildman–Crippen LogP) is 2.62. The van der Waals surface area contributed by atoms with Gasteiger partial charge in [0, 0.05) is 18.7 Å². The summed E-state index contributed by atoms with van der Waals surface area (Å²) in [4.78, 5) is 31.9. The van der Waals surface area contributed by atoms with Gasteiger partial charge in [0.15, 0.2) is 0 Å². The molecule has 0 aliphatic carbocycles. The molecule has 1 fully saturated rings. The maximum atomic E-state index is 12.8. The zero-order chi connectivity index (χ0) is 20.8. The minimum absolute atomic E-state index is 0.0728. The predicted molar refractivity (Wildman–Crippen MR) is 113 cm³/mol. The number of morpholine rings is 1. The van der Waals surface area contributed by atoms with Crippen molar-refractivity contribution in [3.05, 3.63) is 53.7 Å². The van der Waals surface area contributed by atoms with Gasteiger partial charge in [0.1, 0.15) is 11.9 Å². The number of hydrogen-bond acceptors (Lipinski definition) is 5. The van der Waals surface area contributed by atoms with E-state index >= 15 is 0 Å². The van der Waals surface area contributed by atoms with Crippen molar-refractivity contribution >= 4 is 23.3 Å². The Labute approximate surface area is 171 Å². The number of ether oxygens (including phenoxy) is 1. The van der Waals surface area contributed by atoms with Crippen molar-refractivity contribution in [2.75, 3.05) is 36.5 Å². The van der Waals surface area contributed by atoms with Crippen molar-refractivity contribution < 1.29 is 14.3 Å². The van der Waals surface area contributed by atoms with E-state index in [0.717, 1.165) is 24.3 Å². The van der Waals surface area contributed by atoms with E-state index in [0.29, 0.717) is 24.6 Å². The number of aryl methyl sites for hydroxylation is 1. The number of pyridine rings is 1. The molecule has 3 rings (SSSR count). The number of amides is 2. The fraction of sp³-hybridized carbons (Fsp3) is 0.409. The lowest BCUT2D eigenvalue weighted by Crippen LogP contribution is -2.47. The summed E-state index contributed by atoms with van der Waals surface area (Å²) in [6.07, 6.45) is 1.75. The molecular weight excluding hydrogens is 368 g/mol. The van der Waals surface area contributed by atoms with E-state index in [1.165, 1.54) is 0 Å². The van der Waals surface area contributed by atoms with Crippen molar-refractivity contribution in [1.82, 2.24) is 10.3 Å². The fourth-order valence-corrected chi connectivity index (χ4v) is 3.22. The number of nitrogens with zero attached hydrogens (tertiary/aromatic N) is 2. The molecule has 0 saturated carbocycles. The van der Waals surface area contributed by atoms with Crippen LogP contribution in [0.1, 0.15) is 29.8 Å². The summed E-state index contributed by atoms with van der Waals surface area (Å²) in [6, 6.07) is 10.3. The summed E-state index contributed by atoms with van der Waals surface area (Å²) in [5, 5.41) is 5.66. The summed E-state index contributed by atoms with van der Waals surface area (Å²) in [7, 11) is 0. The van der Waals surface area contributed by atoms with Crippen LogP contribution < -0.4 is 15.5 Å². The first kappa shape index (κ1) is 20.8. The average Bonchev–Trinajstić information content (AvgIpc) is 2.72. The number of benzene rings is 1. The van der Waals surface area contributed by atoms with E-state index in [1.54, 1.807) is 24.4 Å². The van der Waals surface area contributed by atoms with Gasteiger partial charge in [-0.1, -0.05) is 31.5 Å². The van der Waals surface area contributed by atoms with Crippen molar-refractivity contribution in [2.24, 2.45) is 5.92 Å². The molecule has 1 aromatic carbocycles. The number of nitrogens with one attached hydrogen (secondary N) is 2. The molecule has 2 heterocycles. The van der Waals surface area contributed by atoms with Gasteiger partial charge in [0.05, 0.1) is 25.1 Å². The second-order valence-electron chi connectivity index (χ2n) is 7.55. The lowest BCUT2D eigenvalue weighted by atomic mass is 10.0. The van der Waals surface area contributed by atoms with Gasteiger partial charge in [-0.25, -0.2) is 4.98 Å². The van der Waals surface area contributed by atoms with Crippen LogP contribution in [0.5, 0.6) is 0 Å². The van der Waals surface area contributed by atoms with Crippen LogP contribution in [-0.4, -0.2) is 49.1 Å². The molecule has 0 bridgehead atoms. The Balaban J connectivity index is 1.64. The SMILES string of the molecule is Cc1cccc(C(=O)NC(C(=O)Nc2ccc(N3CCOCC3)cn2)C(C)C)c1. The zero-order valence-corrected chi connectivity index (χ0v) is 17.1. The molecule has 1 aliphatic rings. The minimum Gasteiger partial charge on any atom is -0.378 e. The highest BCUT2D eigenvalue weighted by Crippen LogP contribution is 2.17. The summed E-state index contributed by atoms with van der Waals surface area (Å²) in [5.41, 5.74) is 2.53. The molecule has 2 aromatic rings. The Bertz CT molecular complexity index is 845. The quantitative estimate of drug-likeness (QED) is 0.784. The van der Waals surface area contributed by atoms with E-state index in [1.807, 2.05) is 39.0 Å². The Hall–Kier alpha value is -2.93. The molecule has 1 atom stereocenters. The van der Waals surface area contributed by atoms with Gasteiger partial charge in [-0.05, 0) is 37.1 Å². The van der Waals surface area contributed by atoms with E-state index in [2.05, 4.69) is 20.5 Å². The normalized spacial score (nSPS) is 15.1. The molecule has 0 radical (unpaired) electrons. The van der Waals surface area contributed by atoms with Gasteiger partial charge in [0.25, 0.3) is 5.91 Å². The highest BCUT2D eigenvalue weighted by molar-refractivity contribution is 6.01. The maximum Gasteiger partial charge on any atom is 0.251 e. The van der Waals surface area contributed by atoms with Crippen molar-refractivity contribution in [1.29, 1.82) is 0 Å². The largest absolute Gasteiger partial charge is 0.378 e. The molecule has 2 N–H and O–H groups in total. The Morgan fingerprint density at radius 3 is 2.52 bits per heavy atom. The van der Waals surface area contributed by atoms with Gasteiger partial charge in [0.2, 0.25) is 5.91 Å². The van der Waals surface area contributed by atoms with Crippen LogP contribution in [-0.2, 0) is 9.53 Å². The molecule has 2 amide bonds. The van der Waals surface area contributed by atoms with E-state index < -0.39 is 6.04 Å². The highest BCUT2D eigenvalue weighted by atomic mass is 16.5. The zero-order valence-electron chi connectivity index (χ0n) is 17.1. The van der Waals surface area contributed by atoms with Gasteiger partial charge >= 0.3 is 0 Å². The Morgan fingerprint density at radius 2 is 1.90 bits per heavy atom. The number of aromatic nitrogens is 1. The second kappa shape index (κ2) is 9.52. The average molecular weight is 396 g/mol. The lowest BCUT2D eigenvalue weighted by molar-refractivity contribution is -0.118. The van der Waals surface area contributed by atoms with Gasteiger partial charge in [-0.2, -0.15) is 0 Å². The van der Waals surface area contributed by atoms with Gasteiger partial charge in [-0.15, -0.1) is 0 Å². The van der Waals surface area contributed by atoms with Crippen LogP contribution in [0.25, 0.3) is 0 Å². The van der Waals surface area contributed by atoms with Crippen molar-refractivity contribution in [3.8, 4) is 0 Å². The van der Waals surface area contributed by atoms with Crippen LogP contribution in [0, 0.1) is 12.8 Å². The fourth-order valence-electron chi connectivity index (χ4n) is 3.22.